The van der Waals surface area contributed by atoms with Crippen molar-refractivity contribution in [3.63, 3.8) is 0 Å². The van der Waals surface area contributed by atoms with E-state index >= 15 is 0 Å². The minimum absolute atomic E-state index is 0.381. The van der Waals surface area contributed by atoms with Crippen molar-refractivity contribution in [2.75, 3.05) is 18.2 Å². The van der Waals surface area contributed by atoms with Crippen LogP contribution in [-0.2, 0) is 11.3 Å². The molecule has 0 fully saturated rings. The summed E-state index contributed by atoms with van der Waals surface area (Å²) in [6, 6.07) is 6.97. The highest BCUT2D eigenvalue weighted by molar-refractivity contribution is 5.91. The van der Waals surface area contributed by atoms with E-state index in [1.165, 1.54) is 7.11 Å². The minimum Gasteiger partial charge on any atom is -0.465 e. The Morgan fingerprint density at radius 3 is 2.90 bits per heavy atom. The number of rotatable bonds is 4. The molecule has 1 heterocycles. The second-order valence-electron chi connectivity index (χ2n) is 4.45. The number of pyridine rings is 1. The fraction of sp³-hybridized carbons (Fsp3) is 0.200. The molecule has 2 rings (SSSR count). The summed E-state index contributed by atoms with van der Waals surface area (Å²) in [5.74, 6) is -0.381. The number of nitrogens with two attached hydrogens (primary N) is 1. The van der Waals surface area contributed by atoms with Gasteiger partial charge in [-0.15, -0.1) is 0 Å². The predicted molar refractivity (Wildman–Crippen MR) is 78.5 cm³/mol. The number of nitrogen functional groups attached to an aromatic ring is 1. The molecule has 1 aromatic heterocycles. The van der Waals surface area contributed by atoms with Crippen LogP contribution in [0, 0.1) is 6.92 Å². The molecule has 0 spiro atoms. The Morgan fingerprint density at radius 2 is 2.20 bits per heavy atom. The Labute approximate surface area is 117 Å². The van der Waals surface area contributed by atoms with Crippen molar-refractivity contribution in [1.82, 2.24) is 4.98 Å². The Morgan fingerprint density at radius 1 is 1.40 bits per heavy atom. The van der Waals surface area contributed by atoms with Gasteiger partial charge in [-0.1, -0.05) is 0 Å². The average molecular weight is 271 g/mol. The highest BCUT2D eigenvalue weighted by Gasteiger charge is 2.08. The van der Waals surface area contributed by atoms with Gasteiger partial charge in [0.1, 0.15) is 0 Å². The Hall–Kier alpha value is -2.56. The average Bonchev–Trinajstić information content (AvgIpc) is 2.47. The second-order valence-corrected chi connectivity index (χ2v) is 4.45. The number of methoxy groups -OCH3 is 1. The standard InChI is InChI=1S/C15H17N3O2/c1-10-8-17-6-5-12(10)9-18-14-7-11(15(19)20-2)3-4-13(14)16/h3-8,18H,9,16H2,1-2H3. The summed E-state index contributed by atoms with van der Waals surface area (Å²) >= 11 is 0. The number of hydrogen-bond donors (Lipinski definition) is 2. The lowest BCUT2D eigenvalue weighted by molar-refractivity contribution is 0.0601. The van der Waals surface area contributed by atoms with E-state index in [4.69, 9.17) is 10.5 Å². The first-order valence-corrected chi connectivity index (χ1v) is 6.23. The van der Waals surface area contributed by atoms with Gasteiger partial charge in [-0.25, -0.2) is 4.79 Å². The molecule has 0 radical (unpaired) electrons. The highest BCUT2D eigenvalue weighted by atomic mass is 16.5. The number of aryl methyl sites for hydroxylation is 1. The topological polar surface area (TPSA) is 77.2 Å². The summed E-state index contributed by atoms with van der Waals surface area (Å²) in [5, 5.41) is 3.23. The first kappa shape index (κ1) is 13.9. The minimum atomic E-state index is -0.381. The maximum absolute atomic E-state index is 11.5. The van der Waals surface area contributed by atoms with Gasteiger partial charge in [0.25, 0.3) is 0 Å². The molecule has 20 heavy (non-hydrogen) atoms. The summed E-state index contributed by atoms with van der Waals surface area (Å²) in [6.45, 7) is 2.61. The Bertz CT molecular complexity index is 626. The van der Waals surface area contributed by atoms with Crippen LogP contribution in [0.15, 0.2) is 36.7 Å². The van der Waals surface area contributed by atoms with Crippen LogP contribution in [0.5, 0.6) is 0 Å². The number of nitrogens with zero attached hydrogens (tertiary/aromatic N) is 1. The van der Waals surface area contributed by atoms with Crippen molar-refractivity contribution in [2.24, 2.45) is 0 Å². The number of benzene rings is 1. The molecule has 0 unspecified atom stereocenters. The van der Waals surface area contributed by atoms with Gasteiger partial charge in [-0.3, -0.25) is 4.98 Å². The quantitative estimate of drug-likeness (QED) is 0.659. The summed E-state index contributed by atoms with van der Waals surface area (Å²) < 4.78 is 4.70. The monoisotopic (exact) mass is 271 g/mol. The number of nitrogens with one attached hydrogen (secondary N) is 1. The summed E-state index contributed by atoms with van der Waals surface area (Å²) in [5.41, 5.74) is 9.90. The third-order valence-corrected chi connectivity index (χ3v) is 3.08. The second kappa shape index (κ2) is 6.06. The van der Waals surface area contributed by atoms with Crippen molar-refractivity contribution < 1.29 is 9.53 Å². The van der Waals surface area contributed by atoms with E-state index in [9.17, 15) is 4.79 Å². The number of ether oxygens (including phenoxy) is 1. The number of carbonyl (C=O) groups excluding carboxylic acids is 1. The Kier molecular flexibility index (Phi) is 4.20. The lowest BCUT2D eigenvalue weighted by Crippen LogP contribution is -2.07. The molecule has 0 saturated heterocycles. The first-order chi connectivity index (χ1) is 9.61. The fourth-order valence-electron chi connectivity index (χ4n) is 1.85. The molecule has 104 valence electrons. The zero-order valence-electron chi connectivity index (χ0n) is 11.5. The number of carbonyl (C=O) groups is 1. The first-order valence-electron chi connectivity index (χ1n) is 6.23. The van der Waals surface area contributed by atoms with Gasteiger partial charge in [0.15, 0.2) is 0 Å². The van der Waals surface area contributed by atoms with Gasteiger partial charge in [0.2, 0.25) is 0 Å². The van der Waals surface area contributed by atoms with Crippen LogP contribution in [-0.4, -0.2) is 18.1 Å². The molecule has 0 aliphatic rings. The normalized spacial score (nSPS) is 10.1. The van der Waals surface area contributed by atoms with Crippen LogP contribution in [0.2, 0.25) is 0 Å². The van der Waals surface area contributed by atoms with Crippen LogP contribution in [0.1, 0.15) is 21.5 Å². The van der Waals surface area contributed by atoms with E-state index in [1.807, 2.05) is 19.2 Å². The number of anilines is 2. The van der Waals surface area contributed by atoms with Crippen LogP contribution in [0.3, 0.4) is 0 Å². The molecule has 3 N–H and O–H groups in total. The van der Waals surface area contributed by atoms with Gasteiger partial charge in [0.05, 0.1) is 24.0 Å². The molecule has 2 aromatic rings. The molecule has 5 heteroatoms. The molecule has 0 saturated carbocycles. The molecule has 0 aliphatic carbocycles. The maximum Gasteiger partial charge on any atom is 0.337 e. The van der Waals surface area contributed by atoms with Gasteiger partial charge in [-0.2, -0.15) is 0 Å². The third kappa shape index (κ3) is 3.06. The van der Waals surface area contributed by atoms with E-state index < -0.39 is 0 Å². The molecule has 0 amide bonds. The van der Waals surface area contributed by atoms with E-state index in [2.05, 4.69) is 10.3 Å². The summed E-state index contributed by atoms with van der Waals surface area (Å²) in [7, 11) is 1.35. The summed E-state index contributed by atoms with van der Waals surface area (Å²) in [4.78, 5) is 15.6. The number of esters is 1. The molecular weight excluding hydrogens is 254 g/mol. The smallest absolute Gasteiger partial charge is 0.337 e. The SMILES string of the molecule is COC(=O)c1ccc(N)c(NCc2ccncc2C)c1. The van der Waals surface area contributed by atoms with Crippen molar-refractivity contribution in [1.29, 1.82) is 0 Å². The van der Waals surface area contributed by atoms with Gasteiger partial charge in [0, 0.05) is 18.9 Å². The van der Waals surface area contributed by atoms with Crippen LogP contribution >= 0.6 is 0 Å². The van der Waals surface area contributed by atoms with E-state index in [-0.39, 0.29) is 5.97 Å². The summed E-state index contributed by atoms with van der Waals surface area (Å²) in [6.07, 6.45) is 3.56. The fourth-order valence-corrected chi connectivity index (χ4v) is 1.85. The van der Waals surface area contributed by atoms with E-state index in [0.29, 0.717) is 23.5 Å². The van der Waals surface area contributed by atoms with Crippen LogP contribution in [0.25, 0.3) is 0 Å². The third-order valence-electron chi connectivity index (χ3n) is 3.08. The van der Waals surface area contributed by atoms with Crippen molar-refractivity contribution in [2.45, 2.75) is 13.5 Å². The molecule has 0 aliphatic heterocycles. The van der Waals surface area contributed by atoms with E-state index in [0.717, 1.165) is 11.1 Å². The highest BCUT2D eigenvalue weighted by Crippen LogP contribution is 2.21. The van der Waals surface area contributed by atoms with Crippen LogP contribution < -0.4 is 11.1 Å². The lowest BCUT2D eigenvalue weighted by Gasteiger charge is -2.12. The van der Waals surface area contributed by atoms with Gasteiger partial charge in [-0.05, 0) is 42.3 Å². The zero-order chi connectivity index (χ0) is 14.5. The van der Waals surface area contributed by atoms with Crippen molar-refractivity contribution in [3.8, 4) is 0 Å². The predicted octanol–water partition coefficient (Wildman–Crippen LogP) is 2.37. The van der Waals surface area contributed by atoms with Crippen molar-refractivity contribution in [3.05, 3.63) is 53.3 Å². The molecule has 1 aromatic carbocycles. The molecule has 0 atom stereocenters. The lowest BCUT2D eigenvalue weighted by atomic mass is 10.1. The Balaban J connectivity index is 2.17. The maximum atomic E-state index is 11.5. The van der Waals surface area contributed by atoms with E-state index in [1.54, 1.807) is 24.4 Å². The molecular formula is C15H17N3O2. The largest absolute Gasteiger partial charge is 0.465 e. The van der Waals surface area contributed by atoms with Crippen molar-refractivity contribution >= 4 is 17.3 Å². The number of hydrogen-bond acceptors (Lipinski definition) is 5. The van der Waals surface area contributed by atoms with Crippen LogP contribution in [0.4, 0.5) is 11.4 Å². The zero-order valence-corrected chi connectivity index (χ0v) is 11.5. The van der Waals surface area contributed by atoms with Gasteiger partial charge >= 0.3 is 5.97 Å². The molecule has 5 nitrogen and oxygen atoms in total. The van der Waals surface area contributed by atoms with Gasteiger partial charge < -0.3 is 15.8 Å². The number of aromatic nitrogens is 1. The molecule has 0 bridgehead atoms.